The standard InChI is InChI=1S/C18H16N4O2S3/c1-4-6-22-17(24)13-9(2)10(3)27-16(13)21-18(22)26-8-12-19-11-5-7-25-14(11)15(23)20-12/h4-5,7H,1,6,8H2,2-3H3,(H,19,20,23). The highest BCUT2D eigenvalue weighted by molar-refractivity contribution is 7.98. The van der Waals surface area contributed by atoms with E-state index in [0.29, 0.717) is 38.9 Å². The summed E-state index contributed by atoms with van der Waals surface area (Å²) in [7, 11) is 0. The molecule has 4 rings (SSSR count). The normalized spacial score (nSPS) is 11.5. The topological polar surface area (TPSA) is 80.6 Å². The largest absolute Gasteiger partial charge is 0.309 e. The molecule has 1 N–H and O–H groups in total. The Kier molecular flexibility index (Phi) is 4.75. The van der Waals surface area contributed by atoms with E-state index in [4.69, 9.17) is 4.98 Å². The molecular weight excluding hydrogens is 400 g/mol. The van der Waals surface area contributed by atoms with E-state index in [9.17, 15) is 9.59 Å². The van der Waals surface area contributed by atoms with E-state index in [1.165, 1.54) is 34.4 Å². The Labute approximate surface area is 166 Å². The number of aryl methyl sites for hydroxylation is 2. The van der Waals surface area contributed by atoms with Crippen molar-refractivity contribution >= 4 is 54.9 Å². The lowest BCUT2D eigenvalue weighted by atomic mass is 10.2. The molecule has 0 fully saturated rings. The second-order valence-corrected chi connectivity index (χ2v) is 9.06. The van der Waals surface area contributed by atoms with Crippen molar-refractivity contribution in [3.05, 3.63) is 61.1 Å². The lowest BCUT2D eigenvalue weighted by Gasteiger charge is -2.10. The number of aromatic amines is 1. The summed E-state index contributed by atoms with van der Waals surface area (Å²) in [5.74, 6) is 0.980. The van der Waals surface area contributed by atoms with Crippen LogP contribution >= 0.6 is 34.4 Å². The van der Waals surface area contributed by atoms with Gasteiger partial charge in [0.15, 0.2) is 5.16 Å². The van der Waals surface area contributed by atoms with Crippen molar-refractivity contribution in [3.8, 4) is 0 Å². The molecule has 0 saturated heterocycles. The van der Waals surface area contributed by atoms with Crippen LogP contribution < -0.4 is 11.1 Å². The number of rotatable bonds is 5. The Hall–Kier alpha value is -2.23. The summed E-state index contributed by atoms with van der Waals surface area (Å²) in [5.41, 5.74) is 1.48. The minimum atomic E-state index is -0.137. The summed E-state index contributed by atoms with van der Waals surface area (Å²) >= 11 is 4.28. The van der Waals surface area contributed by atoms with Crippen LogP contribution in [-0.4, -0.2) is 19.5 Å². The smallest absolute Gasteiger partial charge is 0.268 e. The first kappa shape index (κ1) is 18.1. The van der Waals surface area contributed by atoms with Crippen LogP contribution in [0, 0.1) is 13.8 Å². The monoisotopic (exact) mass is 416 g/mol. The van der Waals surface area contributed by atoms with E-state index in [-0.39, 0.29) is 11.1 Å². The highest BCUT2D eigenvalue weighted by Crippen LogP contribution is 2.29. The number of nitrogens with zero attached hydrogens (tertiary/aromatic N) is 3. The first-order valence-corrected chi connectivity index (χ1v) is 10.9. The zero-order valence-electron chi connectivity index (χ0n) is 14.7. The zero-order valence-corrected chi connectivity index (χ0v) is 17.2. The third-order valence-corrected chi connectivity index (χ3v) is 7.26. The molecule has 0 spiro atoms. The van der Waals surface area contributed by atoms with Gasteiger partial charge in [0.05, 0.1) is 16.7 Å². The van der Waals surface area contributed by atoms with E-state index < -0.39 is 0 Å². The number of allylic oxidation sites excluding steroid dienone is 1. The number of nitrogens with one attached hydrogen (secondary N) is 1. The van der Waals surface area contributed by atoms with Crippen LogP contribution in [-0.2, 0) is 12.3 Å². The lowest BCUT2D eigenvalue weighted by molar-refractivity contribution is 0.672. The van der Waals surface area contributed by atoms with E-state index in [1.807, 2.05) is 25.3 Å². The number of aromatic nitrogens is 4. The minimum absolute atomic E-state index is 0.0565. The van der Waals surface area contributed by atoms with Crippen LogP contribution in [0.3, 0.4) is 0 Å². The Morgan fingerprint density at radius 1 is 1.33 bits per heavy atom. The maximum absolute atomic E-state index is 13.0. The van der Waals surface area contributed by atoms with Gasteiger partial charge in [-0.15, -0.1) is 29.3 Å². The van der Waals surface area contributed by atoms with Gasteiger partial charge in [-0.05, 0) is 30.9 Å². The Morgan fingerprint density at radius 2 is 2.15 bits per heavy atom. The zero-order chi connectivity index (χ0) is 19.1. The second kappa shape index (κ2) is 7.06. The molecule has 0 unspecified atom stereocenters. The maximum atomic E-state index is 13.0. The van der Waals surface area contributed by atoms with Gasteiger partial charge in [-0.25, -0.2) is 9.97 Å². The van der Waals surface area contributed by atoms with Gasteiger partial charge in [-0.1, -0.05) is 17.8 Å². The number of thiophene rings is 2. The van der Waals surface area contributed by atoms with E-state index in [1.54, 1.807) is 10.6 Å². The Bertz CT molecular complexity index is 1300. The van der Waals surface area contributed by atoms with Crippen molar-refractivity contribution in [1.29, 1.82) is 0 Å². The molecule has 0 aliphatic heterocycles. The number of thioether (sulfide) groups is 1. The molecular formula is C18H16N4O2S3. The molecule has 0 bridgehead atoms. The van der Waals surface area contributed by atoms with Gasteiger partial charge in [0.1, 0.15) is 15.4 Å². The molecule has 4 aromatic rings. The molecule has 0 aliphatic carbocycles. The fraction of sp³-hybridized carbons (Fsp3) is 0.222. The molecule has 0 amide bonds. The molecule has 0 aromatic carbocycles. The van der Waals surface area contributed by atoms with Crippen LogP contribution in [0.15, 0.2) is 38.8 Å². The average molecular weight is 417 g/mol. The third-order valence-electron chi connectivity index (χ3n) is 4.27. The van der Waals surface area contributed by atoms with Crippen molar-refractivity contribution in [2.24, 2.45) is 0 Å². The van der Waals surface area contributed by atoms with Gasteiger partial charge in [0, 0.05) is 11.4 Å². The van der Waals surface area contributed by atoms with Crippen LogP contribution in [0.25, 0.3) is 20.4 Å². The molecule has 0 saturated carbocycles. The summed E-state index contributed by atoms with van der Waals surface area (Å²) in [5, 5.41) is 3.12. The molecule has 4 heterocycles. The average Bonchev–Trinajstić information content (AvgIpc) is 3.21. The van der Waals surface area contributed by atoms with Crippen molar-refractivity contribution < 1.29 is 0 Å². The minimum Gasteiger partial charge on any atom is -0.309 e. The molecule has 138 valence electrons. The Balaban J connectivity index is 1.75. The predicted molar refractivity (Wildman–Crippen MR) is 113 cm³/mol. The molecule has 9 heteroatoms. The second-order valence-electron chi connectivity index (χ2n) is 6.00. The number of fused-ring (bicyclic) bond motifs is 2. The first-order valence-electron chi connectivity index (χ1n) is 8.20. The van der Waals surface area contributed by atoms with Crippen LogP contribution in [0.4, 0.5) is 0 Å². The van der Waals surface area contributed by atoms with Gasteiger partial charge < -0.3 is 4.98 Å². The van der Waals surface area contributed by atoms with Gasteiger partial charge in [-0.3, -0.25) is 14.2 Å². The molecule has 4 aromatic heterocycles. The Morgan fingerprint density at radius 3 is 2.93 bits per heavy atom. The van der Waals surface area contributed by atoms with Gasteiger partial charge in [0.2, 0.25) is 0 Å². The molecule has 0 aliphatic rings. The quantitative estimate of drug-likeness (QED) is 0.304. The number of hydrogen-bond acceptors (Lipinski definition) is 7. The summed E-state index contributed by atoms with van der Waals surface area (Å²) in [4.78, 5) is 39.0. The third kappa shape index (κ3) is 3.15. The van der Waals surface area contributed by atoms with Gasteiger partial charge in [-0.2, -0.15) is 0 Å². The van der Waals surface area contributed by atoms with Crippen LogP contribution in [0.1, 0.15) is 16.3 Å². The maximum Gasteiger partial charge on any atom is 0.268 e. The lowest BCUT2D eigenvalue weighted by Crippen LogP contribution is -2.22. The van der Waals surface area contributed by atoms with E-state index in [2.05, 4.69) is 16.5 Å². The van der Waals surface area contributed by atoms with Crippen molar-refractivity contribution in [2.45, 2.75) is 31.3 Å². The summed E-state index contributed by atoms with van der Waals surface area (Å²) in [6.45, 7) is 8.08. The van der Waals surface area contributed by atoms with Crippen molar-refractivity contribution in [2.75, 3.05) is 0 Å². The molecule has 6 nitrogen and oxygen atoms in total. The van der Waals surface area contributed by atoms with E-state index in [0.717, 1.165) is 15.3 Å². The summed E-state index contributed by atoms with van der Waals surface area (Å²) in [6.07, 6.45) is 1.69. The van der Waals surface area contributed by atoms with E-state index >= 15 is 0 Å². The molecule has 0 atom stereocenters. The fourth-order valence-corrected chi connectivity index (χ4v) is 5.51. The fourth-order valence-electron chi connectivity index (χ4n) is 2.83. The van der Waals surface area contributed by atoms with Crippen molar-refractivity contribution in [1.82, 2.24) is 19.5 Å². The predicted octanol–water partition coefficient (Wildman–Crippen LogP) is 3.85. The van der Waals surface area contributed by atoms with Gasteiger partial charge in [0.25, 0.3) is 11.1 Å². The van der Waals surface area contributed by atoms with Crippen molar-refractivity contribution in [3.63, 3.8) is 0 Å². The van der Waals surface area contributed by atoms with Crippen LogP contribution in [0.5, 0.6) is 0 Å². The first-order chi connectivity index (χ1) is 13.0. The molecule has 0 radical (unpaired) electrons. The molecule has 27 heavy (non-hydrogen) atoms. The highest BCUT2D eigenvalue weighted by Gasteiger charge is 2.17. The SMILES string of the molecule is C=CCn1c(SCc2nc3ccsc3c(=O)[nH]2)nc2sc(C)c(C)c2c1=O. The van der Waals surface area contributed by atoms with Gasteiger partial charge >= 0.3 is 0 Å². The summed E-state index contributed by atoms with van der Waals surface area (Å²) < 4.78 is 2.25. The highest BCUT2D eigenvalue weighted by atomic mass is 32.2. The number of hydrogen-bond donors (Lipinski definition) is 1. The van der Waals surface area contributed by atoms with Crippen LogP contribution in [0.2, 0.25) is 0 Å². The number of H-pyrrole nitrogens is 1. The summed E-state index contributed by atoms with van der Waals surface area (Å²) in [6, 6.07) is 1.83.